The van der Waals surface area contributed by atoms with E-state index in [0.29, 0.717) is 29.3 Å². The number of nitrogens with one attached hydrogen (secondary N) is 2. The molecule has 1 heterocycles. The summed E-state index contributed by atoms with van der Waals surface area (Å²) in [6.45, 7) is 0. The lowest BCUT2D eigenvalue weighted by Gasteiger charge is -2.11. The summed E-state index contributed by atoms with van der Waals surface area (Å²) < 4.78 is 27.9. The number of benzene rings is 1. The predicted octanol–water partition coefficient (Wildman–Crippen LogP) is 1.23. The van der Waals surface area contributed by atoms with E-state index >= 15 is 0 Å². The van der Waals surface area contributed by atoms with Gasteiger partial charge in [-0.05, 0) is 31.0 Å². The van der Waals surface area contributed by atoms with Crippen LogP contribution in [0.15, 0.2) is 18.2 Å². The maximum atomic E-state index is 12.2. The molecule has 0 radical (unpaired) electrons. The van der Waals surface area contributed by atoms with E-state index in [1.165, 1.54) is 7.11 Å². The highest BCUT2D eigenvalue weighted by atomic mass is 35.5. The molecule has 3 atom stereocenters. The van der Waals surface area contributed by atoms with Gasteiger partial charge in [0, 0.05) is 11.7 Å². The van der Waals surface area contributed by atoms with Crippen molar-refractivity contribution in [2.45, 2.75) is 18.9 Å². The predicted molar refractivity (Wildman–Crippen MR) is 93.4 cm³/mol. The van der Waals surface area contributed by atoms with Crippen molar-refractivity contribution in [2.24, 2.45) is 11.8 Å². The van der Waals surface area contributed by atoms with Crippen LogP contribution in [0.4, 0.5) is 5.69 Å². The van der Waals surface area contributed by atoms with Gasteiger partial charge in [0.1, 0.15) is 5.75 Å². The number of hydrogen-bond donors (Lipinski definition) is 2. The van der Waals surface area contributed by atoms with Crippen molar-refractivity contribution in [3.05, 3.63) is 23.2 Å². The Hall–Kier alpha value is -1.80. The zero-order valence-corrected chi connectivity index (χ0v) is 15.2. The highest BCUT2D eigenvalue weighted by Crippen LogP contribution is 2.40. The minimum absolute atomic E-state index is 0.0212. The number of ether oxygens (including phenoxy) is 1. The topological polar surface area (TPSA) is 102 Å². The molecule has 2 fully saturated rings. The number of methoxy groups -OCH3 is 1. The van der Waals surface area contributed by atoms with Crippen molar-refractivity contribution < 1.29 is 22.7 Å². The van der Waals surface area contributed by atoms with Crippen molar-refractivity contribution in [2.75, 3.05) is 23.9 Å². The zero-order valence-electron chi connectivity index (χ0n) is 13.6. The van der Waals surface area contributed by atoms with Gasteiger partial charge in [-0.25, -0.2) is 8.42 Å². The van der Waals surface area contributed by atoms with Crippen LogP contribution >= 0.6 is 11.6 Å². The number of anilines is 1. The quantitative estimate of drug-likeness (QED) is 0.792. The summed E-state index contributed by atoms with van der Waals surface area (Å²) in [7, 11) is -1.54. The lowest BCUT2D eigenvalue weighted by atomic mass is 10.2. The van der Waals surface area contributed by atoms with Crippen LogP contribution in [0.25, 0.3) is 0 Å². The Morgan fingerprint density at radius 2 is 1.96 bits per heavy atom. The molecular formula is C16H19ClN2O5S. The third-order valence-electron chi connectivity index (χ3n) is 4.46. The Morgan fingerprint density at radius 1 is 1.24 bits per heavy atom. The molecule has 1 saturated heterocycles. The normalized spacial score (nSPS) is 26.7. The molecule has 1 aromatic rings. The molecule has 0 aromatic heterocycles. The van der Waals surface area contributed by atoms with Gasteiger partial charge >= 0.3 is 0 Å². The smallest absolute Gasteiger partial charge is 0.228 e. The maximum absolute atomic E-state index is 12.2. The van der Waals surface area contributed by atoms with Gasteiger partial charge in [-0.2, -0.15) is 0 Å². The van der Waals surface area contributed by atoms with Crippen LogP contribution in [0.3, 0.4) is 0 Å². The molecule has 1 aliphatic heterocycles. The van der Waals surface area contributed by atoms with Gasteiger partial charge in [0.05, 0.1) is 35.5 Å². The number of rotatable bonds is 5. The van der Waals surface area contributed by atoms with Crippen LogP contribution in [0.5, 0.6) is 5.75 Å². The lowest BCUT2D eigenvalue weighted by Crippen LogP contribution is -2.37. The van der Waals surface area contributed by atoms with E-state index in [2.05, 4.69) is 10.6 Å². The third kappa shape index (κ3) is 4.24. The van der Waals surface area contributed by atoms with Crippen molar-refractivity contribution >= 4 is 38.9 Å². The molecule has 3 unspecified atom stereocenters. The molecule has 9 heteroatoms. The summed E-state index contributed by atoms with van der Waals surface area (Å²) in [4.78, 5) is 24.4. The highest BCUT2D eigenvalue weighted by Gasteiger charge is 2.48. The molecule has 0 bridgehead atoms. The van der Waals surface area contributed by atoms with Crippen molar-refractivity contribution in [3.63, 3.8) is 0 Å². The maximum Gasteiger partial charge on any atom is 0.228 e. The number of sulfone groups is 1. The fraction of sp³-hybridized carbons (Fsp3) is 0.500. The van der Waals surface area contributed by atoms with E-state index in [4.69, 9.17) is 16.3 Å². The lowest BCUT2D eigenvalue weighted by molar-refractivity contribution is -0.125. The van der Waals surface area contributed by atoms with Crippen LogP contribution in [-0.2, 0) is 19.4 Å². The Bertz CT molecular complexity index is 811. The Morgan fingerprint density at radius 3 is 2.56 bits per heavy atom. The Labute approximate surface area is 151 Å². The Kier molecular flexibility index (Phi) is 4.92. The second-order valence-corrected chi connectivity index (χ2v) is 9.03. The second kappa shape index (κ2) is 6.84. The molecule has 2 aliphatic rings. The molecule has 1 aromatic carbocycles. The number of amides is 2. The SMILES string of the molecule is COc1ccc(NC(=O)C2CC2C(=O)NC2CCS(=O)(=O)C2)cc1Cl. The van der Waals surface area contributed by atoms with Gasteiger partial charge in [-0.1, -0.05) is 11.6 Å². The summed E-state index contributed by atoms with van der Waals surface area (Å²) >= 11 is 6.02. The molecule has 0 spiro atoms. The first kappa shape index (κ1) is 18.0. The molecule has 2 N–H and O–H groups in total. The summed E-state index contributed by atoms with van der Waals surface area (Å²) in [5.41, 5.74) is 0.531. The van der Waals surface area contributed by atoms with E-state index in [1.807, 2.05) is 0 Å². The van der Waals surface area contributed by atoms with Gasteiger partial charge < -0.3 is 15.4 Å². The number of carbonyl (C=O) groups excluding carboxylic acids is 2. The highest BCUT2D eigenvalue weighted by molar-refractivity contribution is 7.91. The number of carbonyl (C=O) groups is 2. The third-order valence-corrected chi connectivity index (χ3v) is 6.53. The number of halogens is 1. The first-order chi connectivity index (χ1) is 11.8. The molecule has 3 rings (SSSR count). The van der Waals surface area contributed by atoms with Crippen LogP contribution in [0, 0.1) is 11.8 Å². The monoisotopic (exact) mass is 386 g/mol. The van der Waals surface area contributed by atoms with Gasteiger partial charge in [0.2, 0.25) is 11.8 Å². The summed E-state index contributed by atoms with van der Waals surface area (Å²) in [6.07, 6.45) is 0.892. The van der Waals surface area contributed by atoms with Crippen LogP contribution in [0.2, 0.25) is 5.02 Å². The summed E-state index contributed by atoms with van der Waals surface area (Å²) in [5.74, 6) is -0.724. The molecule has 1 aliphatic carbocycles. The first-order valence-electron chi connectivity index (χ1n) is 7.94. The van der Waals surface area contributed by atoms with Crippen LogP contribution in [0.1, 0.15) is 12.8 Å². The van der Waals surface area contributed by atoms with E-state index < -0.39 is 21.7 Å². The minimum atomic E-state index is -3.04. The molecule has 2 amide bonds. The fourth-order valence-corrected chi connectivity index (χ4v) is 4.90. The zero-order chi connectivity index (χ0) is 18.2. The van der Waals surface area contributed by atoms with Crippen LogP contribution < -0.4 is 15.4 Å². The van der Waals surface area contributed by atoms with Gasteiger partial charge in [-0.3, -0.25) is 9.59 Å². The summed E-state index contributed by atoms with van der Waals surface area (Å²) in [5, 5.41) is 5.85. The summed E-state index contributed by atoms with van der Waals surface area (Å²) in [6, 6.07) is 4.56. The number of hydrogen-bond acceptors (Lipinski definition) is 5. The van der Waals surface area contributed by atoms with Crippen molar-refractivity contribution in [3.8, 4) is 5.75 Å². The fourth-order valence-electron chi connectivity index (χ4n) is 2.97. The average Bonchev–Trinajstić information content (AvgIpc) is 3.27. The van der Waals surface area contributed by atoms with Crippen molar-refractivity contribution in [1.82, 2.24) is 5.32 Å². The molecule has 136 valence electrons. The standard InChI is InChI=1S/C16H19ClN2O5S/c1-24-14-3-2-9(6-13(14)17)18-15(20)11-7-12(11)16(21)19-10-4-5-25(22,23)8-10/h2-3,6,10-12H,4-5,7-8H2,1H3,(H,18,20)(H,19,21). The van der Waals surface area contributed by atoms with Gasteiger partial charge in [0.15, 0.2) is 9.84 Å². The Balaban J connectivity index is 1.52. The largest absolute Gasteiger partial charge is 0.495 e. The minimum Gasteiger partial charge on any atom is -0.495 e. The van der Waals surface area contributed by atoms with E-state index in [1.54, 1.807) is 18.2 Å². The van der Waals surface area contributed by atoms with E-state index in [-0.39, 0.29) is 29.4 Å². The van der Waals surface area contributed by atoms with Crippen LogP contribution in [-0.4, -0.2) is 44.9 Å². The van der Waals surface area contributed by atoms with Gasteiger partial charge in [-0.15, -0.1) is 0 Å². The van der Waals surface area contributed by atoms with E-state index in [0.717, 1.165) is 0 Å². The molecular weight excluding hydrogens is 368 g/mol. The molecule has 25 heavy (non-hydrogen) atoms. The van der Waals surface area contributed by atoms with Gasteiger partial charge in [0.25, 0.3) is 0 Å². The molecule has 7 nitrogen and oxygen atoms in total. The first-order valence-corrected chi connectivity index (χ1v) is 10.1. The van der Waals surface area contributed by atoms with E-state index in [9.17, 15) is 18.0 Å². The molecule has 1 saturated carbocycles. The second-order valence-electron chi connectivity index (χ2n) is 6.40. The van der Waals surface area contributed by atoms with Crippen molar-refractivity contribution in [1.29, 1.82) is 0 Å². The average molecular weight is 387 g/mol.